The van der Waals surface area contributed by atoms with Gasteiger partial charge < -0.3 is 5.32 Å². The summed E-state index contributed by atoms with van der Waals surface area (Å²) in [6.45, 7) is 5.01. The molecule has 0 saturated carbocycles. The molecule has 0 unspecified atom stereocenters. The minimum absolute atomic E-state index is 0.165. The smallest absolute Gasteiger partial charge is 0.167 e. The van der Waals surface area contributed by atoms with E-state index in [9.17, 15) is 9.59 Å². The van der Waals surface area contributed by atoms with Gasteiger partial charge in [0.2, 0.25) is 0 Å². The molecule has 4 heteroatoms. The molecule has 0 bridgehead atoms. The van der Waals surface area contributed by atoms with Gasteiger partial charge in [-0.05, 0) is 37.6 Å². The van der Waals surface area contributed by atoms with Crippen LogP contribution in [0.15, 0.2) is 30.0 Å². The number of nitrogens with one attached hydrogen (secondary N) is 1. The number of allylic oxidation sites excluding steroid dienone is 1. The van der Waals surface area contributed by atoms with Gasteiger partial charge in [-0.25, -0.2) is 0 Å². The minimum atomic E-state index is -0.235. The number of ketones is 2. The number of hydrogen-bond donors (Lipinski definition) is 1. The van der Waals surface area contributed by atoms with Crippen LogP contribution in [0.5, 0.6) is 0 Å². The third kappa shape index (κ3) is 3.70. The molecular weight excluding hydrogens is 250 g/mol. The SMILES string of the molecule is CCC(=O)/C(=C\Nc1ccc(Cl)cc1C)C(C)=O. The van der Waals surface area contributed by atoms with Gasteiger partial charge in [0.15, 0.2) is 11.6 Å². The Bertz CT molecular complexity index is 507. The first-order valence-corrected chi connectivity index (χ1v) is 6.10. The van der Waals surface area contributed by atoms with Crippen molar-refractivity contribution < 1.29 is 9.59 Å². The Labute approximate surface area is 112 Å². The van der Waals surface area contributed by atoms with E-state index in [-0.39, 0.29) is 17.1 Å². The second-order valence-corrected chi connectivity index (χ2v) is 4.43. The van der Waals surface area contributed by atoms with Crippen LogP contribution < -0.4 is 5.32 Å². The highest BCUT2D eigenvalue weighted by atomic mass is 35.5. The summed E-state index contributed by atoms with van der Waals surface area (Å²) in [4.78, 5) is 22.9. The summed E-state index contributed by atoms with van der Waals surface area (Å²) in [7, 11) is 0. The first kappa shape index (κ1) is 14.5. The maximum atomic E-state index is 11.6. The number of anilines is 1. The predicted molar refractivity (Wildman–Crippen MR) is 73.9 cm³/mol. The van der Waals surface area contributed by atoms with Crippen LogP contribution in [0.1, 0.15) is 25.8 Å². The summed E-state index contributed by atoms with van der Waals surface area (Å²) in [6, 6.07) is 5.37. The lowest BCUT2D eigenvalue weighted by molar-refractivity contribution is -0.120. The van der Waals surface area contributed by atoms with Crippen LogP contribution in [0.4, 0.5) is 5.69 Å². The first-order valence-electron chi connectivity index (χ1n) is 5.72. The number of Topliss-reactive ketones (excluding diaryl/α,β-unsaturated/α-hetero) is 2. The Hall–Kier alpha value is -1.61. The van der Waals surface area contributed by atoms with E-state index >= 15 is 0 Å². The van der Waals surface area contributed by atoms with Crippen LogP contribution in [-0.2, 0) is 9.59 Å². The average molecular weight is 266 g/mol. The number of carbonyl (C=O) groups is 2. The number of benzene rings is 1. The van der Waals surface area contributed by atoms with Crippen LogP contribution in [0, 0.1) is 6.92 Å². The van der Waals surface area contributed by atoms with Gasteiger partial charge in [-0.2, -0.15) is 0 Å². The lowest BCUT2D eigenvalue weighted by Gasteiger charge is -2.07. The lowest BCUT2D eigenvalue weighted by Crippen LogP contribution is -2.11. The Morgan fingerprint density at radius 1 is 1.39 bits per heavy atom. The average Bonchev–Trinajstić information content (AvgIpc) is 2.31. The van der Waals surface area contributed by atoms with Crippen LogP contribution in [0.3, 0.4) is 0 Å². The lowest BCUT2D eigenvalue weighted by atomic mass is 10.1. The first-order chi connectivity index (χ1) is 8.45. The third-order valence-corrected chi connectivity index (χ3v) is 2.80. The molecule has 0 aliphatic heterocycles. The molecule has 0 aliphatic carbocycles. The molecule has 0 aliphatic rings. The second-order valence-electron chi connectivity index (χ2n) is 3.99. The molecule has 18 heavy (non-hydrogen) atoms. The maximum absolute atomic E-state index is 11.6. The third-order valence-electron chi connectivity index (χ3n) is 2.56. The molecule has 0 saturated heterocycles. The summed E-state index contributed by atoms with van der Waals surface area (Å²) >= 11 is 5.85. The van der Waals surface area contributed by atoms with Gasteiger partial charge >= 0.3 is 0 Å². The van der Waals surface area contributed by atoms with E-state index in [0.29, 0.717) is 11.4 Å². The predicted octanol–water partition coefficient (Wildman–Crippen LogP) is 3.51. The summed E-state index contributed by atoms with van der Waals surface area (Å²) in [5.74, 6) is -0.400. The molecule has 1 aromatic rings. The van der Waals surface area contributed by atoms with Crippen molar-refractivity contribution in [3.05, 3.63) is 40.6 Å². The molecule has 96 valence electrons. The Morgan fingerprint density at radius 2 is 2.06 bits per heavy atom. The van der Waals surface area contributed by atoms with Crippen molar-refractivity contribution in [3.63, 3.8) is 0 Å². The maximum Gasteiger partial charge on any atom is 0.167 e. The van der Waals surface area contributed by atoms with E-state index in [1.165, 1.54) is 13.1 Å². The zero-order chi connectivity index (χ0) is 13.7. The van der Waals surface area contributed by atoms with Crippen LogP contribution >= 0.6 is 11.6 Å². The normalized spacial score (nSPS) is 11.2. The molecule has 0 atom stereocenters. The van der Waals surface area contributed by atoms with Crippen molar-refractivity contribution in [3.8, 4) is 0 Å². The van der Waals surface area contributed by atoms with Gasteiger partial charge in [-0.1, -0.05) is 18.5 Å². The molecule has 0 amide bonds. The van der Waals surface area contributed by atoms with Gasteiger partial charge in [0.1, 0.15) is 0 Å². The molecule has 1 N–H and O–H groups in total. The monoisotopic (exact) mass is 265 g/mol. The summed E-state index contributed by atoms with van der Waals surface area (Å²) in [5.41, 5.74) is 1.96. The highest BCUT2D eigenvalue weighted by Crippen LogP contribution is 2.20. The topological polar surface area (TPSA) is 46.2 Å². The van der Waals surface area contributed by atoms with E-state index in [2.05, 4.69) is 5.32 Å². The molecule has 0 aromatic heterocycles. The van der Waals surface area contributed by atoms with Gasteiger partial charge in [0, 0.05) is 23.3 Å². The fourth-order valence-electron chi connectivity index (χ4n) is 1.51. The summed E-state index contributed by atoms with van der Waals surface area (Å²) < 4.78 is 0. The van der Waals surface area contributed by atoms with Gasteiger partial charge in [0.05, 0.1) is 5.57 Å². The Morgan fingerprint density at radius 3 is 2.56 bits per heavy atom. The van der Waals surface area contributed by atoms with E-state index in [1.807, 2.05) is 19.1 Å². The number of aryl methyl sites for hydroxylation is 1. The molecule has 1 rings (SSSR count). The van der Waals surface area contributed by atoms with E-state index in [1.54, 1.807) is 13.0 Å². The van der Waals surface area contributed by atoms with E-state index < -0.39 is 0 Å². The molecule has 3 nitrogen and oxygen atoms in total. The minimum Gasteiger partial charge on any atom is -0.361 e. The van der Waals surface area contributed by atoms with Crippen LogP contribution in [0.25, 0.3) is 0 Å². The number of rotatable bonds is 5. The fraction of sp³-hybridized carbons (Fsp3) is 0.286. The van der Waals surface area contributed by atoms with Crippen molar-refractivity contribution in [1.82, 2.24) is 0 Å². The molecular formula is C14H16ClNO2. The second kappa shape index (κ2) is 6.36. The molecule has 0 radical (unpaired) electrons. The van der Waals surface area contributed by atoms with Crippen molar-refractivity contribution >= 4 is 28.9 Å². The molecule has 0 fully saturated rings. The standard InChI is InChI=1S/C14H16ClNO2/c1-4-14(18)12(10(3)17)8-16-13-6-5-11(15)7-9(13)2/h5-8,16H,4H2,1-3H3/b12-8-. The Balaban J connectivity index is 2.95. The number of carbonyl (C=O) groups excluding carboxylic acids is 2. The van der Waals surface area contributed by atoms with Crippen LogP contribution in [-0.4, -0.2) is 11.6 Å². The van der Waals surface area contributed by atoms with Crippen molar-refractivity contribution in [1.29, 1.82) is 0 Å². The largest absolute Gasteiger partial charge is 0.361 e. The quantitative estimate of drug-likeness (QED) is 0.503. The Kier molecular flexibility index (Phi) is 5.10. The van der Waals surface area contributed by atoms with Crippen molar-refractivity contribution in [2.75, 3.05) is 5.32 Å². The summed E-state index contributed by atoms with van der Waals surface area (Å²) in [6.07, 6.45) is 1.77. The van der Waals surface area contributed by atoms with Crippen molar-refractivity contribution in [2.45, 2.75) is 27.2 Å². The molecule has 0 heterocycles. The zero-order valence-corrected chi connectivity index (χ0v) is 11.5. The van der Waals surface area contributed by atoms with Crippen molar-refractivity contribution in [2.24, 2.45) is 0 Å². The fourth-order valence-corrected chi connectivity index (χ4v) is 1.73. The highest BCUT2D eigenvalue weighted by molar-refractivity contribution is 6.30. The number of hydrogen-bond acceptors (Lipinski definition) is 3. The highest BCUT2D eigenvalue weighted by Gasteiger charge is 2.12. The zero-order valence-electron chi connectivity index (χ0n) is 10.7. The van der Waals surface area contributed by atoms with Gasteiger partial charge in [0.25, 0.3) is 0 Å². The van der Waals surface area contributed by atoms with Crippen LogP contribution in [0.2, 0.25) is 5.02 Å². The molecule has 0 spiro atoms. The van der Waals surface area contributed by atoms with Gasteiger partial charge in [-0.3, -0.25) is 9.59 Å². The molecule has 1 aromatic carbocycles. The van der Waals surface area contributed by atoms with E-state index in [4.69, 9.17) is 11.6 Å². The van der Waals surface area contributed by atoms with E-state index in [0.717, 1.165) is 11.3 Å². The van der Waals surface area contributed by atoms with Gasteiger partial charge in [-0.15, -0.1) is 0 Å². The number of halogens is 1. The summed E-state index contributed by atoms with van der Waals surface area (Å²) in [5, 5.41) is 3.63.